The molecule has 0 aliphatic carbocycles. The first-order chi connectivity index (χ1) is 10.2. The van der Waals surface area contributed by atoms with E-state index in [1.165, 1.54) is 5.01 Å². The molecule has 5 nitrogen and oxygen atoms in total. The molecule has 0 spiro atoms. The Morgan fingerprint density at radius 1 is 1.29 bits per heavy atom. The summed E-state index contributed by atoms with van der Waals surface area (Å²) >= 11 is 0. The van der Waals surface area contributed by atoms with Crippen molar-refractivity contribution in [2.24, 2.45) is 0 Å². The van der Waals surface area contributed by atoms with E-state index in [-0.39, 0.29) is 5.91 Å². The Kier molecular flexibility index (Phi) is 3.58. The molecule has 0 bridgehead atoms. The van der Waals surface area contributed by atoms with Crippen LogP contribution in [-0.4, -0.2) is 34.6 Å². The molecule has 2 aromatic rings. The lowest BCUT2D eigenvalue weighted by Gasteiger charge is -2.22. The second kappa shape index (κ2) is 5.54. The number of hydrogen-bond donors (Lipinski definition) is 2. The van der Waals surface area contributed by atoms with Crippen molar-refractivity contribution in [1.82, 2.24) is 10.4 Å². The number of rotatable bonds is 3. The van der Waals surface area contributed by atoms with Crippen molar-refractivity contribution in [2.75, 3.05) is 6.54 Å². The highest BCUT2D eigenvalue weighted by Crippen LogP contribution is 2.19. The van der Waals surface area contributed by atoms with E-state index >= 15 is 0 Å². The van der Waals surface area contributed by atoms with Crippen LogP contribution < -0.4 is 5.43 Å². The molecule has 2 aromatic carbocycles. The number of carboxylic acids is 1. The standard InChI is InChI=1S/C16H15N2O3/c19-15(17-18-10-4-9-14(18)16(20)21)13-8-3-6-11-5-1-2-7-12(11)13/h1-3,5-7,14H,4,9-10H2,(H,17,19)(H,20,21)/t14-/m0/s1. The van der Waals surface area contributed by atoms with Crippen LogP contribution in [0.4, 0.5) is 0 Å². The molecular formula is C16H15N2O3. The number of nitrogens with zero attached hydrogens (tertiary/aromatic N) is 1. The summed E-state index contributed by atoms with van der Waals surface area (Å²) in [6.07, 6.45) is 1.31. The van der Waals surface area contributed by atoms with Gasteiger partial charge >= 0.3 is 5.97 Å². The second-order valence-corrected chi connectivity index (χ2v) is 5.07. The molecule has 1 fully saturated rings. The van der Waals surface area contributed by atoms with E-state index < -0.39 is 12.0 Å². The first-order valence-electron chi connectivity index (χ1n) is 6.86. The van der Waals surface area contributed by atoms with Crippen LogP contribution in [0, 0.1) is 6.07 Å². The summed E-state index contributed by atoms with van der Waals surface area (Å²) in [7, 11) is 0. The molecule has 0 saturated carbocycles. The molecule has 1 heterocycles. The summed E-state index contributed by atoms with van der Waals surface area (Å²) in [6.45, 7) is 0.549. The summed E-state index contributed by atoms with van der Waals surface area (Å²) in [4.78, 5) is 23.5. The Labute approximate surface area is 122 Å². The Morgan fingerprint density at radius 3 is 2.90 bits per heavy atom. The zero-order chi connectivity index (χ0) is 14.8. The maximum absolute atomic E-state index is 12.4. The summed E-state index contributed by atoms with van der Waals surface area (Å²) in [5, 5.41) is 12.4. The van der Waals surface area contributed by atoms with Crippen LogP contribution in [0.5, 0.6) is 0 Å². The number of benzene rings is 2. The highest BCUT2D eigenvalue weighted by Gasteiger charge is 2.32. The smallest absolute Gasteiger partial charge is 0.322 e. The van der Waals surface area contributed by atoms with Gasteiger partial charge in [0.15, 0.2) is 0 Å². The van der Waals surface area contributed by atoms with E-state index in [0.717, 1.165) is 17.2 Å². The topological polar surface area (TPSA) is 69.6 Å². The van der Waals surface area contributed by atoms with E-state index in [1.54, 1.807) is 6.07 Å². The Balaban J connectivity index is 1.86. The Hall–Kier alpha value is -2.40. The first-order valence-corrected chi connectivity index (χ1v) is 6.86. The number of fused-ring (bicyclic) bond motifs is 1. The number of aliphatic carboxylic acids is 1. The average molecular weight is 283 g/mol. The van der Waals surface area contributed by atoms with Gasteiger partial charge < -0.3 is 5.11 Å². The third-order valence-corrected chi connectivity index (χ3v) is 3.73. The van der Waals surface area contributed by atoms with Crippen molar-refractivity contribution >= 4 is 22.6 Å². The molecule has 5 heteroatoms. The van der Waals surface area contributed by atoms with Crippen molar-refractivity contribution in [2.45, 2.75) is 18.9 Å². The van der Waals surface area contributed by atoms with Crippen LogP contribution >= 0.6 is 0 Å². The Bertz CT molecular complexity index is 693. The van der Waals surface area contributed by atoms with Crippen molar-refractivity contribution in [3.05, 3.63) is 48.0 Å². The molecule has 1 aliphatic rings. The molecule has 1 saturated heterocycles. The molecule has 3 rings (SSSR count). The van der Waals surface area contributed by atoms with E-state index in [2.05, 4.69) is 11.5 Å². The maximum Gasteiger partial charge on any atom is 0.322 e. The van der Waals surface area contributed by atoms with Crippen molar-refractivity contribution < 1.29 is 14.7 Å². The molecular weight excluding hydrogens is 268 g/mol. The van der Waals surface area contributed by atoms with Crippen molar-refractivity contribution in [3.63, 3.8) is 0 Å². The van der Waals surface area contributed by atoms with Gasteiger partial charge in [-0.1, -0.05) is 36.4 Å². The molecule has 0 aromatic heterocycles. The van der Waals surface area contributed by atoms with Gasteiger partial charge in [-0.25, -0.2) is 5.01 Å². The van der Waals surface area contributed by atoms with Gasteiger partial charge in [0, 0.05) is 6.54 Å². The zero-order valence-corrected chi connectivity index (χ0v) is 11.4. The molecule has 2 N–H and O–H groups in total. The SMILES string of the molecule is O=C(NN1CCC[C@H]1C(=O)O)c1[c]ccc2ccccc12. The maximum atomic E-state index is 12.4. The van der Waals surface area contributed by atoms with Crippen LogP contribution in [0.1, 0.15) is 23.2 Å². The number of amides is 1. The number of carboxylic acid groups (broad SMARTS) is 1. The third-order valence-electron chi connectivity index (χ3n) is 3.73. The quantitative estimate of drug-likeness (QED) is 0.901. The molecule has 107 valence electrons. The minimum Gasteiger partial charge on any atom is -0.480 e. The fraction of sp³-hybridized carbons (Fsp3) is 0.250. The molecule has 1 radical (unpaired) electrons. The monoisotopic (exact) mass is 283 g/mol. The van der Waals surface area contributed by atoms with E-state index in [0.29, 0.717) is 18.5 Å². The summed E-state index contributed by atoms with van der Waals surface area (Å²) in [5.74, 6) is -1.23. The van der Waals surface area contributed by atoms with E-state index in [1.807, 2.05) is 30.3 Å². The lowest BCUT2D eigenvalue weighted by Crippen LogP contribution is -2.48. The first kappa shape index (κ1) is 13.6. The summed E-state index contributed by atoms with van der Waals surface area (Å²) in [5.41, 5.74) is 3.14. The van der Waals surface area contributed by atoms with Crippen molar-refractivity contribution in [1.29, 1.82) is 0 Å². The summed E-state index contributed by atoms with van der Waals surface area (Å²) < 4.78 is 0. The van der Waals surface area contributed by atoms with Crippen LogP contribution in [0.2, 0.25) is 0 Å². The van der Waals surface area contributed by atoms with Gasteiger partial charge in [-0.05, 0) is 29.7 Å². The largest absolute Gasteiger partial charge is 0.480 e. The zero-order valence-electron chi connectivity index (χ0n) is 11.4. The second-order valence-electron chi connectivity index (χ2n) is 5.07. The number of carbonyl (C=O) groups excluding carboxylic acids is 1. The van der Waals surface area contributed by atoms with Crippen LogP contribution in [-0.2, 0) is 4.79 Å². The predicted octanol–water partition coefficient (Wildman–Crippen LogP) is 1.83. The number of nitrogens with one attached hydrogen (secondary N) is 1. The van der Waals surface area contributed by atoms with E-state index in [4.69, 9.17) is 5.11 Å². The van der Waals surface area contributed by atoms with Gasteiger partial charge in [-0.2, -0.15) is 0 Å². The predicted molar refractivity (Wildman–Crippen MR) is 77.6 cm³/mol. The average Bonchev–Trinajstić information content (AvgIpc) is 2.95. The third kappa shape index (κ3) is 2.60. The number of hydrogen-bond acceptors (Lipinski definition) is 3. The normalized spacial score (nSPS) is 18.8. The highest BCUT2D eigenvalue weighted by molar-refractivity contribution is 6.06. The van der Waals surface area contributed by atoms with Gasteiger partial charge in [0.05, 0.1) is 5.56 Å². The molecule has 21 heavy (non-hydrogen) atoms. The fourth-order valence-corrected chi connectivity index (χ4v) is 2.69. The van der Waals surface area contributed by atoms with E-state index in [9.17, 15) is 9.59 Å². The van der Waals surface area contributed by atoms with Gasteiger partial charge in [-0.15, -0.1) is 0 Å². The van der Waals surface area contributed by atoms with Gasteiger partial charge in [0.2, 0.25) is 0 Å². The summed E-state index contributed by atoms with van der Waals surface area (Å²) in [6, 6.07) is 13.4. The van der Waals surface area contributed by atoms with Gasteiger partial charge in [0.25, 0.3) is 5.91 Å². The minimum absolute atomic E-state index is 0.319. The lowest BCUT2D eigenvalue weighted by atomic mass is 10.0. The highest BCUT2D eigenvalue weighted by atomic mass is 16.4. The van der Waals surface area contributed by atoms with Crippen LogP contribution in [0.3, 0.4) is 0 Å². The van der Waals surface area contributed by atoms with Gasteiger partial charge in [0.1, 0.15) is 6.04 Å². The van der Waals surface area contributed by atoms with Gasteiger partial charge in [-0.3, -0.25) is 15.0 Å². The van der Waals surface area contributed by atoms with Crippen molar-refractivity contribution in [3.8, 4) is 0 Å². The molecule has 1 amide bonds. The van der Waals surface area contributed by atoms with Crippen LogP contribution in [0.15, 0.2) is 36.4 Å². The fourth-order valence-electron chi connectivity index (χ4n) is 2.69. The number of carbonyl (C=O) groups is 2. The van der Waals surface area contributed by atoms with Crippen LogP contribution in [0.25, 0.3) is 10.8 Å². The molecule has 1 aliphatic heterocycles. The molecule has 1 atom stereocenters. The number of hydrazine groups is 1. The minimum atomic E-state index is -0.908. The Morgan fingerprint density at radius 2 is 2.10 bits per heavy atom. The lowest BCUT2D eigenvalue weighted by molar-refractivity contribution is -0.142. The molecule has 0 unspecified atom stereocenters.